The van der Waals surface area contributed by atoms with E-state index >= 15 is 0 Å². The van der Waals surface area contributed by atoms with Gasteiger partial charge in [-0.3, -0.25) is 19.0 Å². The van der Waals surface area contributed by atoms with Crippen molar-refractivity contribution in [3.8, 4) is 0 Å². The Labute approximate surface area is 232 Å². The van der Waals surface area contributed by atoms with Gasteiger partial charge in [0, 0.05) is 50.6 Å². The van der Waals surface area contributed by atoms with Crippen molar-refractivity contribution in [3.63, 3.8) is 0 Å². The molecule has 1 fully saturated rings. The summed E-state index contributed by atoms with van der Waals surface area (Å²) >= 11 is 0. The van der Waals surface area contributed by atoms with Crippen LogP contribution in [0.4, 0.5) is 5.69 Å². The lowest BCUT2D eigenvalue weighted by molar-refractivity contribution is -0.136. The van der Waals surface area contributed by atoms with Gasteiger partial charge in [-0.2, -0.15) is 0 Å². The molecule has 1 saturated heterocycles. The van der Waals surface area contributed by atoms with Gasteiger partial charge in [0.15, 0.2) is 0 Å². The van der Waals surface area contributed by atoms with E-state index in [9.17, 15) is 19.5 Å². The number of anilines is 1. The summed E-state index contributed by atoms with van der Waals surface area (Å²) in [7, 11) is 0. The van der Waals surface area contributed by atoms with Crippen LogP contribution in [-0.2, 0) is 22.7 Å². The summed E-state index contributed by atoms with van der Waals surface area (Å²) < 4.78 is 3.26. The Morgan fingerprint density at radius 1 is 1.10 bits per heavy atom. The van der Waals surface area contributed by atoms with E-state index in [-0.39, 0.29) is 36.3 Å². The molecule has 2 N–H and O–H groups in total. The van der Waals surface area contributed by atoms with Gasteiger partial charge in [-0.25, -0.2) is 9.97 Å². The fraction of sp³-hybridized carbons (Fsp3) is 0.367. The molecule has 3 heterocycles. The highest BCUT2D eigenvalue weighted by Crippen LogP contribution is 2.26. The van der Waals surface area contributed by atoms with Crippen LogP contribution in [0.25, 0.3) is 10.9 Å². The Kier molecular flexibility index (Phi) is 8.06. The fourth-order valence-electron chi connectivity index (χ4n) is 5.16. The number of aromatic nitrogens is 4. The molecule has 0 aliphatic carbocycles. The third-order valence-electron chi connectivity index (χ3n) is 7.63. The molecule has 0 bridgehead atoms. The first-order chi connectivity index (χ1) is 19.3. The highest BCUT2D eigenvalue weighted by atomic mass is 16.3. The summed E-state index contributed by atoms with van der Waals surface area (Å²) in [6.45, 7) is 3.55. The number of piperidine rings is 1. The number of hydrogen-bond donors (Lipinski definition) is 2. The van der Waals surface area contributed by atoms with Gasteiger partial charge in [-0.1, -0.05) is 37.3 Å². The minimum atomic E-state index is -1.11. The summed E-state index contributed by atoms with van der Waals surface area (Å²) in [5.74, 6) is 0.0449. The molecule has 0 spiro atoms. The molecule has 2 aromatic carbocycles. The molecule has 1 atom stereocenters. The van der Waals surface area contributed by atoms with Crippen LogP contribution < -0.4 is 10.9 Å². The summed E-state index contributed by atoms with van der Waals surface area (Å²) in [4.78, 5) is 48.6. The second-order valence-corrected chi connectivity index (χ2v) is 10.6. The predicted molar refractivity (Wildman–Crippen MR) is 152 cm³/mol. The summed E-state index contributed by atoms with van der Waals surface area (Å²) in [5, 5.41) is 14.5. The van der Waals surface area contributed by atoms with Crippen molar-refractivity contribution < 1.29 is 14.7 Å². The van der Waals surface area contributed by atoms with E-state index in [0.717, 1.165) is 5.56 Å². The van der Waals surface area contributed by atoms with E-state index in [1.165, 1.54) is 10.9 Å². The van der Waals surface area contributed by atoms with E-state index < -0.39 is 5.60 Å². The Bertz CT molecular complexity index is 1530. The van der Waals surface area contributed by atoms with Crippen molar-refractivity contribution in [2.75, 3.05) is 18.4 Å². The smallest absolute Gasteiger partial charge is 0.261 e. The van der Waals surface area contributed by atoms with Gasteiger partial charge >= 0.3 is 0 Å². The predicted octanol–water partition coefficient (Wildman–Crippen LogP) is 3.17. The number of carbonyl (C=O) groups is 2. The van der Waals surface area contributed by atoms with Gasteiger partial charge < -0.3 is 19.9 Å². The van der Waals surface area contributed by atoms with Crippen molar-refractivity contribution in [1.29, 1.82) is 0 Å². The molecule has 40 heavy (non-hydrogen) atoms. The number of amides is 2. The Morgan fingerprint density at radius 2 is 1.88 bits per heavy atom. The Morgan fingerprint density at radius 3 is 2.60 bits per heavy atom. The molecule has 4 aromatic rings. The lowest BCUT2D eigenvalue weighted by Gasteiger charge is -2.38. The Hall–Kier alpha value is -4.31. The number of likely N-dealkylation sites (tertiary alicyclic amines) is 1. The van der Waals surface area contributed by atoms with Crippen molar-refractivity contribution in [1.82, 2.24) is 24.0 Å². The summed E-state index contributed by atoms with van der Waals surface area (Å²) in [6, 6.07) is 15.0. The molecule has 1 aliphatic rings. The van der Waals surface area contributed by atoms with Crippen molar-refractivity contribution in [3.05, 3.63) is 89.5 Å². The molecule has 2 aromatic heterocycles. The minimum Gasteiger partial charge on any atom is -0.388 e. The largest absolute Gasteiger partial charge is 0.388 e. The standard InChI is InChI=1S/C30H34N6O4/c1-22(23-5-3-2-4-6-23)17-28(38)35-14-10-30(40,11-15-35)19-36-21-32-26-18-24(7-8-25(26)29(36)39)33-27(37)9-13-34-16-12-31-20-34/h2-8,12,16,18,20-22,40H,9-11,13-15,17,19H2,1H3,(H,33,37). The first-order valence-corrected chi connectivity index (χ1v) is 13.6. The third-order valence-corrected chi connectivity index (χ3v) is 7.63. The molecule has 0 saturated carbocycles. The topological polar surface area (TPSA) is 122 Å². The number of benzene rings is 2. The van der Waals surface area contributed by atoms with Crippen LogP contribution in [0.3, 0.4) is 0 Å². The summed E-state index contributed by atoms with van der Waals surface area (Å²) in [6.07, 6.45) is 8.03. The highest BCUT2D eigenvalue weighted by Gasteiger charge is 2.35. The number of imidazole rings is 1. The minimum absolute atomic E-state index is 0.0764. The number of nitrogens with one attached hydrogen (secondary N) is 1. The fourth-order valence-corrected chi connectivity index (χ4v) is 5.16. The van der Waals surface area contributed by atoms with Gasteiger partial charge in [0.25, 0.3) is 5.56 Å². The van der Waals surface area contributed by atoms with Gasteiger partial charge in [-0.15, -0.1) is 0 Å². The summed E-state index contributed by atoms with van der Waals surface area (Å²) in [5.41, 5.74) is 0.794. The zero-order valence-corrected chi connectivity index (χ0v) is 22.6. The van der Waals surface area contributed by atoms with Gasteiger partial charge in [-0.05, 0) is 42.5 Å². The molecule has 1 aliphatic heterocycles. The first kappa shape index (κ1) is 27.3. The van der Waals surface area contributed by atoms with Crippen LogP contribution in [0, 0.1) is 0 Å². The van der Waals surface area contributed by atoms with E-state index in [2.05, 4.69) is 15.3 Å². The van der Waals surface area contributed by atoms with E-state index in [1.54, 1.807) is 41.8 Å². The van der Waals surface area contributed by atoms with E-state index in [0.29, 0.717) is 55.5 Å². The number of hydrogen-bond acceptors (Lipinski definition) is 6. The van der Waals surface area contributed by atoms with Crippen LogP contribution in [-0.4, -0.2) is 59.6 Å². The second-order valence-electron chi connectivity index (χ2n) is 10.6. The monoisotopic (exact) mass is 542 g/mol. The zero-order valence-electron chi connectivity index (χ0n) is 22.6. The third kappa shape index (κ3) is 6.45. The van der Waals surface area contributed by atoms with Crippen molar-refractivity contribution >= 4 is 28.4 Å². The molecule has 1 unspecified atom stereocenters. The number of aliphatic hydroxyl groups is 1. The van der Waals surface area contributed by atoms with E-state index in [1.807, 2.05) is 41.8 Å². The lowest BCUT2D eigenvalue weighted by Crippen LogP contribution is -2.49. The highest BCUT2D eigenvalue weighted by molar-refractivity contribution is 5.93. The SMILES string of the molecule is CC(CC(=O)N1CCC(O)(Cn2cnc3cc(NC(=O)CCn4ccnc4)ccc3c2=O)CC1)c1ccccc1. The molecule has 10 heteroatoms. The van der Waals surface area contributed by atoms with Crippen LogP contribution >= 0.6 is 0 Å². The maximum atomic E-state index is 13.2. The average molecular weight is 543 g/mol. The maximum Gasteiger partial charge on any atom is 0.261 e. The molecule has 208 valence electrons. The van der Waals surface area contributed by atoms with Crippen LogP contribution in [0.5, 0.6) is 0 Å². The number of nitrogens with zero attached hydrogens (tertiary/aromatic N) is 5. The number of fused-ring (bicyclic) bond motifs is 1. The van der Waals surface area contributed by atoms with Crippen LogP contribution in [0.15, 0.2) is 78.4 Å². The maximum absolute atomic E-state index is 13.2. The van der Waals surface area contributed by atoms with Gasteiger partial charge in [0.1, 0.15) is 0 Å². The van der Waals surface area contributed by atoms with Gasteiger partial charge in [0.2, 0.25) is 11.8 Å². The lowest BCUT2D eigenvalue weighted by atomic mass is 9.90. The van der Waals surface area contributed by atoms with Gasteiger partial charge in [0.05, 0.1) is 35.7 Å². The molecule has 5 rings (SSSR count). The van der Waals surface area contributed by atoms with Crippen molar-refractivity contribution in [2.45, 2.75) is 57.2 Å². The number of carbonyl (C=O) groups excluding carboxylic acids is 2. The first-order valence-electron chi connectivity index (χ1n) is 13.6. The molecular weight excluding hydrogens is 508 g/mol. The zero-order chi connectivity index (χ0) is 28.1. The quantitative estimate of drug-likeness (QED) is 0.335. The molecule has 2 amide bonds. The number of rotatable bonds is 9. The average Bonchev–Trinajstić information content (AvgIpc) is 3.48. The normalized spacial score (nSPS) is 15.6. The number of aryl methyl sites for hydroxylation is 1. The molecule has 0 radical (unpaired) electrons. The van der Waals surface area contributed by atoms with Crippen LogP contribution in [0.1, 0.15) is 44.1 Å². The van der Waals surface area contributed by atoms with Crippen molar-refractivity contribution in [2.24, 2.45) is 0 Å². The molecule has 10 nitrogen and oxygen atoms in total. The molecular formula is C30H34N6O4. The Balaban J connectivity index is 1.17. The second kappa shape index (κ2) is 11.8. The van der Waals surface area contributed by atoms with E-state index in [4.69, 9.17) is 0 Å². The van der Waals surface area contributed by atoms with Crippen LogP contribution in [0.2, 0.25) is 0 Å².